The minimum absolute atomic E-state index is 0.0307. The minimum Gasteiger partial charge on any atom is -0.365 e. The van der Waals surface area contributed by atoms with Crippen molar-refractivity contribution in [2.24, 2.45) is 5.92 Å². The molecule has 0 aliphatic carbocycles. The number of carbonyl (C=O) groups is 2. The first-order valence-corrected chi connectivity index (χ1v) is 11.9. The third-order valence-corrected chi connectivity index (χ3v) is 7.18. The van der Waals surface area contributed by atoms with E-state index in [9.17, 15) is 9.59 Å². The van der Waals surface area contributed by atoms with Crippen molar-refractivity contribution < 1.29 is 14.3 Å². The molecule has 1 aromatic heterocycles. The Morgan fingerprint density at radius 2 is 1.69 bits per heavy atom. The highest BCUT2D eigenvalue weighted by molar-refractivity contribution is 5.93. The van der Waals surface area contributed by atoms with Gasteiger partial charge in [-0.15, -0.1) is 0 Å². The second kappa shape index (κ2) is 9.06. The fourth-order valence-electron chi connectivity index (χ4n) is 5.14. The van der Waals surface area contributed by atoms with Crippen molar-refractivity contribution >= 4 is 11.8 Å². The molecule has 2 aromatic rings. The Morgan fingerprint density at radius 3 is 2.41 bits per heavy atom. The van der Waals surface area contributed by atoms with Crippen molar-refractivity contribution in [1.29, 1.82) is 0 Å². The summed E-state index contributed by atoms with van der Waals surface area (Å²) in [6, 6.07) is 8.39. The third-order valence-electron chi connectivity index (χ3n) is 7.18. The van der Waals surface area contributed by atoms with Crippen LogP contribution in [-0.2, 0) is 22.7 Å². The van der Waals surface area contributed by atoms with Crippen LogP contribution in [0.25, 0.3) is 0 Å². The van der Waals surface area contributed by atoms with Gasteiger partial charge in [0.2, 0.25) is 5.91 Å². The number of carbonyl (C=O) groups excluding carboxylic acids is 2. The van der Waals surface area contributed by atoms with Crippen LogP contribution in [0.4, 0.5) is 0 Å². The lowest BCUT2D eigenvalue weighted by Gasteiger charge is -2.35. The molecule has 0 radical (unpaired) electrons. The van der Waals surface area contributed by atoms with Crippen LogP contribution in [0.5, 0.6) is 0 Å². The van der Waals surface area contributed by atoms with Gasteiger partial charge in [-0.1, -0.05) is 29.8 Å². The standard InChI is InChI=1S/C25H32N4O3/c1-18-5-7-19(8-6-18)22-15-29-17-26-23(21(29)16-32-22)25(31)28-13-9-20(10-14-28)24(30)27-11-3-2-4-12-27/h5-8,17,20,22H,2-4,9-16H2,1H3/t22-/m0/s1. The molecule has 7 nitrogen and oxygen atoms in total. The predicted octanol–water partition coefficient (Wildman–Crippen LogP) is 3.33. The molecule has 2 amide bonds. The Kier molecular flexibility index (Phi) is 6.00. The first-order valence-electron chi connectivity index (χ1n) is 11.9. The molecule has 0 bridgehead atoms. The number of piperidine rings is 2. The van der Waals surface area contributed by atoms with Crippen molar-refractivity contribution in [2.45, 2.75) is 58.3 Å². The molecule has 1 aromatic carbocycles. The van der Waals surface area contributed by atoms with Crippen LogP contribution in [0.15, 0.2) is 30.6 Å². The molecule has 5 rings (SSSR count). The smallest absolute Gasteiger partial charge is 0.274 e. The Balaban J connectivity index is 1.20. The lowest BCUT2D eigenvalue weighted by atomic mass is 9.94. The zero-order valence-electron chi connectivity index (χ0n) is 18.8. The highest BCUT2D eigenvalue weighted by Gasteiger charge is 2.33. The molecule has 3 aliphatic rings. The average molecular weight is 437 g/mol. The monoisotopic (exact) mass is 436 g/mol. The topological polar surface area (TPSA) is 67.7 Å². The SMILES string of the molecule is Cc1ccc([C@@H]2Cn3cnc(C(=O)N4CCC(C(=O)N5CCCCC5)CC4)c3CO2)cc1. The molecule has 0 unspecified atom stereocenters. The molecule has 2 saturated heterocycles. The Hall–Kier alpha value is -2.67. The lowest BCUT2D eigenvalue weighted by molar-refractivity contribution is -0.137. The van der Waals surface area contributed by atoms with E-state index in [0.717, 1.165) is 50.0 Å². The Morgan fingerprint density at radius 1 is 0.969 bits per heavy atom. The van der Waals surface area contributed by atoms with E-state index in [1.165, 1.54) is 12.0 Å². The van der Waals surface area contributed by atoms with Crippen LogP contribution in [0.3, 0.4) is 0 Å². The third kappa shape index (κ3) is 4.18. The first-order chi connectivity index (χ1) is 15.6. The van der Waals surface area contributed by atoms with Crippen molar-refractivity contribution in [3.63, 3.8) is 0 Å². The predicted molar refractivity (Wildman–Crippen MR) is 120 cm³/mol. The normalized spacial score (nSPS) is 22.0. The summed E-state index contributed by atoms with van der Waals surface area (Å²) in [5.74, 6) is 0.290. The number of nitrogens with zero attached hydrogens (tertiary/aromatic N) is 4. The van der Waals surface area contributed by atoms with E-state index in [-0.39, 0.29) is 23.8 Å². The van der Waals surface area contributed by atoms with Gasteiger partial charge in [-0.2, -0.15) is 0 Å². The summed E-state index contributed by atoms with van der Waals surface area (Å²) in [5.41, 5.74) is 3.71. The summed E-state index contributed by atoms with van der Waals surface area (Å²) in [6.45, 7) is 6.12. The fourth-order valence-corrected chi connectivity index (χ4v) is 5.14. The molecule has 1 atom stereocenters. The van der Waals surface area contributed by atoms with Gasteiger partial charge in [-0.05, 0) is 44.6 Å². The molecule has 4 heterocycles. The minimum atomic E-state index is -0.0417. The van der Waals surface area contributed by atoms with Gasteiger partial charge in [0.15, 0.2) is 5.69 Å². The van der Waals surface area contributed by atoms with Crippen LogP contribution < -0.4 is 0 Å². The van der Waals surface area contributed by atoms with Crippen molar-refractivity contribution in [2.75, 3.05) is 26.2 Å². The van der Waals surface area contributed by atoms with E-state index in [1.54, 1.807) is 6.33 Å². The number of hydrogen-bond donors (Lipinski definition) is 0. The molecule has 2 fully saturated rings. The van der Waals surface area contributed by atoms with Gasteiger partial charge in [0.1, 0.15) is 6.10 Å². The van der Waals surface area contributed by atoms with Crippen molar-refractivity contribution in [3.05, 3.63) is 53.1 Å². The first kappa shape index (κ1) is 21.2. The zero-order valence-corrected chi connectivity index (χ0v) is 18.8. The molecule has 3 aliphatic heterocycles. The van der Waals surface area contributed by atoms with E-state index in [4.69, 9.17) is 4.74 Å². The van der Waals surface area contributed by atoms with Crippen LogP contribution in [-0.4, -0.2) is 57.3 Å². The van der Waals surface area contributed by atoms with E-state index < -0.39 is 0 Å². The van der Waals surface area contributed by atoms with Crippen LogP contribution in [0.1, 0.15) is 65.5 Å². The maximum absolute atomic E-state index is 13.2. The van der Waals surface area contributed by atoms with Gasteiger partial charge in [0, 0.05) is 32.1 Å². The molecule has 32 heavy (non-hydrogen) atoms. The molecular formula is C25H32N4O3. The van der Waals surface area contributed by atoms with Gasteiger partial charge in [0.05, 0.1) is 25.2 Å². The number of likely N-dealkylation sites (tertiary alicyclic amines) is 2. The van der Waals surface area contributed by atoms with Crippen LogP contribution in [0, 0.1) is 12.8 Å². The number of rotatable bonds is 3. The molecular weight excluding hydrogens is 404 g/mol. The highest BCUT2D eigenvalue weighted by atomic mass is 16.5. The fraction of sp³-hybridized carbons (Fsp3) is 0.560. The number of benzene rings is 1. The van der Waals surface area contributed by atoms with Gasteiger partial charge in [0.25, 0.3) is 5.91 Å². The number of aryl methyl sites for hydroxylation is 1. The number of aromatic nitrogens is 2. The average Bonchev–Trinajstić information content (AvgIpc) is 3.27. The number of imidazole rings is 1. The number of amides is 2. The second-order valence-electron chi connectivity index (χ2n) is 9.35. The van der Waals surface area contributed by atoms with Gasteiger partial charge < -0.3 is 19.1 Å². The molecule has 0 saturated carbocycles. The van der Waals surface area contributed by atoms with Crippen LogP contribution >= 0.6 is 0 Å². The summed E-state index contributed by atoms with van der Waals surface area (Å²) < 4.78 is 8.15. The quantitative estimate of drug-likeness (QED) is 0.740. The van der Waals surface area contributed by atoms with E-state index in [2.05, 4.69) is 36.2 Å². The number of fused-ring (bicyclic) bond motifs is 1. The van der Waals surface area contributed by atoms with Crippen molar-refractivity contribution in [3.8, 4) is 0 Å². The summed E-state index contributed by atoms with van der Waals surface area (Å²) in [4.78, 5) is 34.3. The van der Waals surface area contributed by atoms with Crippen LogP contribution in [0.2, 0.25) is 0 Å². The van der Waals surface area contributed by atoms with E-state index in [1.807, 2.05) is 14.4 Å². The molecule has 0 spiro atoms. The molecule has 0 N–H and O–H groups in total. The van der Waals surface area contributed by atoms with Gasteiger partial charge >= 0.3 is 0 Å². The summed E-state index contributed by atoms with van der Waals surface area (Å²) in [7, 11) is 0. The molecule has 7 heteroatoms. The lowest BCUT2D eigenvalue weighted by Crippen LogP contribution is -2.46. The number of hydrogen-bond acceptors (Lipinski definition) is 4. The summed E-state index contributed by atoms with van der Waals surface area (Å²) in [6.07, 6.45) is 6.66. The second-order valence-corrected chi connectivity index (χ2v) is 9.35. The summed E-state index contributed by atoms with van der Waals surface area (Å²) in [5, 5.41) is 0. The maximum Gasteiger partial charge on any atom is 0.274 e. The van der Waals surface area contributed by atoms with Gasteiger partial charge in [-0.25, -0.2) is 4.98 Å². The largest absolute Gasteiger partial charge is 0.365 e. The molecule has 170 valence electrons. The highest BCUT2D eigenvalue weighted by Crippen LogP contribution is 2.29. The number of ether oxygens (including phenoxy) is 1. The maximum atomic E-state index is 13.2. The van der Waals surface area contributed by atoms with E-state index >= 15 is 0 Å². The van der Waals surface area contributed by atoms with E-state index in [0.29, 0.717) is 31.9 Å². The Labute approximate surface area is 189 Å². The van der Waals surface area contributed by atoms with Gasteiger partial charge in [-0.3, -0.25) is 9.59 Å². The van der Waals surface area contributed by atoms with Crippen molar-refractivity contribution in [1.82, 2.24) is 19.4 Å². The zero-order chi connectivity index (χ0) is 22.1. The Bertz CT molecular complexity index is 970. The summed E-state index contributed by atoms with van der Waals surface area (Å²) >= 11 is 0.